The predicted molar refractivity (Wildman–Crippen MR) is 110 cm³/mol. The highest BCUT2D eigenvalue weighted by molar-refractivity contribution is 8.15. The highest BCUT2D eigenvalue weighted by Gasteiger charge is 2.43. The van der Waals surface area contributed by atoms with Crippen LogP contribution in [0.1, 0.15) is 17.2 Å². The Hall–Kier alpha value is -2.85. The molecule has 0 saturated heterocycles. The predicted octanol–water partition coefficient (Wildman–Crippen LogP) is 5.10. The first-order valence-electron chi connectivity index (χ1n) is 9.09. The minimum atomic E-state index is -0.217. The van der Waals surface area contributed by atoms with Gasteiger partial charge in [-0.3, -0.25) is 14.7 Å². The van der Waals surface area contributed by atoms with Crippen LogP contribution in [0, 0.1) is 5.92 Å². The van der Waals surface area contributed by atoms with Crippen LogP contribution in [0.25, 0.3) is 0 Å². The Labute approximate surface area is 162 Å². The summed E-state index contributed by atoms with van der Waals surface area (Å²) in [7, 11) is 0. The molecule has 3 nitrogen and oxygen atoms in total. The number of hydrogen-bond acceptors (Lipinski definition) is 3. The van der Waals surface area contributed by atoms with Crippen LogP contribution in [0.4, 0.5) is 5.69 Å². The summed E-state index contributed by atoms with van der Waals surface area (Å²) in [5, 5.41) is 0.791. The lowest BCUT2D eigenvalue weighted by Crippen LogP contribution is -2.44. The van der Waals surface area contributed by atoms with E-state index in [4.69, 9.17) is 4.99 Å². The van der Waals surface area contributed by atoms with Gasteiger partial charge in [0.05, 0.1) is 17.6 Å². The molecule has 0 aliphatic carbocycles. The van der Waals surface area contributed by atoms with Crippen LogP contribution in [0.2, 0.25) is 0 Å². The molecule has 0 aromatic heterocycles. The maximum Gasteiger partial charge on any atom is 0.239 e. The number of fused-ring (bicyclic) bond motifs is 3. The fourth-order valence-corrected chi connectivity index (χ4v) is 4.86. The van der Waals surface area contributed by atoms with Crippen molar-refractivity contribution in [3.63, 3.8) is 0 Å². The van der Waals surface area contributed by atoms with Gasteiger partial charge in [-0.25, -0.2) is 0 Å². The molecule has 3 aromatic carbocycles. The van der Waals surface area contributed by atoms with Gasteiger partial charge < -0.3 is 0 Å². The van der Waals surface area contributed by atoms with E-state index in [0.29, 0.717) is 6.42 Å². The number of amidine groups is 1. The second-order valence-electron chi connectivity index (χ2n) is 6.81. The Morgan fingerprint density at radius 2 is 1.52 bits per heavy atom. The summed E-state index contributed by atoms with van der Waals surface area (Å²) >= 11 is 1.59. The number of amides is 1. The number of rotatable bonds is 3. The van der Waals surface area contributed by atoms with Gasteiger partial charge in [0.25, 0.3) is 0 Å². The molecule has 0 spiro atoms. The number of hydrogen-bond donors (Lipinski definition) is 0. The average Bonchev–Trinajstić information content (AvgIpc) is 3.10. The second kappa shape index (κ2) is 6.71. The minimum Gasteiger partial charge on any atom is -0.274 e. The van der Waals surface area contributed by atoms with Crippen LogP contribution in [-0.2, 0) is 11.2 Å². The van der Waals surface area contributed by atoms with E-state index in [9.17, 15) is 4.79 Å². The van der Waals surface area contributed by atoms with Crippen molar-refractivity contribution in [2.45, 2.75) is 17.4 Å². The van der Waals surface area contributed by atoms with Crippen LogP contribution in [0.3, 0.4) is 0 Å². The third-order valence-electron chi connectivity index (χ3n) is 5.11. The average molecular weight is 370 g/mol. The lowest BCUT2D eigenvalue weighted by molar-refractivity contribution is -0.122. The number of benzene rings is 3. The minimum absolute atomic E-state index is 0.134. The Balaban J connectivity index is 1.60. The molecule has 5 rings (SSSR count). The molecule has 2 atom stereocenters. The van der Waals surface area contributed by atoms with Crippen molar-refractivity contribution in [3.8, 4) is 0 Å². The first-order valence-corrected chi connectivity index (χ1v) is 9.90. The number of para-hydroxylation sites is 1. The van der Waals surface area contributed by atoms with E-state index in [1.165, 1.54) is 0 Å². The molecule has 3 aromatic rings. The topological polar surface area (TPSA) is 32.7 Å². The van der Waals surface area contributed by atoms with Gasteiger partial charge in [0, 0.05) is 4.90 Å². The van der Waals surface area contributed by atoms with Gasteiger partial charge in [-0.15, -0.1) is 0 Å². The van der Waals surface area contributed by atoms with Crippen LogP contribution in [0.5, 0.6) is 0 Å². The molecule has 0 bridgehead atoms. The summed E-state index contributed by atoms with van der Waals surface area (Å²) in [5.74, 6) is -0.0829. The van der Waals surface area contributed by atoms with E-state index < -0.39 is 0 Å². The van der Waals surface area contributed by atoms with Crippen molar-refractivity contribution < 1.29 is 4.79 Å². The maximum atomic E-state index is 13.6. The summed E-state index contributed by atoms with van der Waals surface area (Å²) in [6.07, 6.45) is 0.680. The molecule has 2 aliphatic rings. The molecule has 2 aliphatic heterocycles. The molecule has 2 unspecified atom stereocenters. The summed E-state index contributed by atoms with van der Waals surface area (Å²) in [6, 6.07) is 28.3. The van der Waals surface area contributed by atoms with Gasteiger partial charge in [-0.1, -0.05) is 72.8 Å². The number of nitrogens with zero attached hydrogens (tertiary/aromatic N) is 2. The summed E-state index contributed by atoms with van der Waals surface area (Å²) in [6.45, 7) is 0. The van der Waals surface area contributed by atoms with Crippen LogP contribution in [-0.4, -0.2) is 11.1 Å². The Kier molecular flexibility index (Phi) is 4.06. The van der Waals surface area contributed by atoms with Gasteiger partial charge in [-0.05, 0) is 41.4 Å². The van der Waals surface area contributed by atoms with Crippen molar-refractivity contribution in [1.29, 1.82) is 0 Å². The Bertz CT molecular complexity index is 1020. The maximum absolute atomic E-state index is 13.6. The highest BCUT2D eigenvalue weighted by Crippen LogP contribution is 2.46. The molecule has 1 amide bonds. The van der Waals surface area contributed by atoms with E-state index in [-0.39, 0.29) is 17.9 Å². The number of anilines is 1. The number of carbonyl (C=O) groups excluding carboxylic acids is 1. The third-order valence-corrected chi connectivity index (χ3v) is 6.14. The lowest BCUT2D eigenvalue weighted by atomic mass is 9.86. The largest absolute Gasteiger partial charge is 0.274 e. The Morgan fingerprint density at radius 1 is 0.852 bits per heavy atom. The van der Waals surface area contributed by atoms with E-state index in [2.05, 4.69) is 30.3 Å². The molecule has 132 valence electrons. The van der Waals surface area contributed by atoms with Gasteiger partial charge in [0.2, 0.25) is 5.91 Å². The summed E-state index contributed by atoms with van der Waals surface area (Å²) < 4.78 is 0. The third kappa shape index (κ3) is 2.86. The van der Waals surface area contributed by atoms with Crippen molar-refractivity contribution in [2.24, 2.45) is 10.9 Å². The smallest absolute Gasteiger partial charge is 0.239 e. The van der Waals surface area contributed by atoms with Crippen LogP contribution in [0.15, 0.2) is 94.8 Å². The first-order chi connectivity index (χ1) is 13.3. The van der Waals surface area contributed by atoms with Gasteiger partial charge in [0.1, 0.15) is 0 Å². The fraction of sp³-hybridized carbons (Fsp3) is 0.130. The van der Waals surface area contributed by atoms with Crippen molar-refractivity contribution in [2.75, 3.05) is 4.90 Å². The highest BCUT2D eigenvalue weighted by atomic mass is 32.2. The molecule has 0 saturated carbocycles. The standard InChI is InChI=1S/C23H18N2OS/c26-22-18(15-16-9-3-1-4-10-16)21(17-11-5-2-6-12-17)24-23-25(22)19-13-7-8-14-20(19)27-23/h1-14,18,21H,15H2. The zero-order valence-corrected chi connectivity index (χ0v) is 15.5. The number of thioether (sulfide) groups is 1. The second-order valence-corrected chi connectivity index (χ2v) is 7.82. The molecule has 0 N–H and O–H groups in total. The Morgan fingerprint density at radius 3 is 2.30 bits per heavy atom. The van der Waals surface area contributed by atoms with Crippen molar-refractivity contribution in [3.05, 3.63) is 96.1 Å². The molecular formula is C23H18N2OS. The van der Waals surface area contributed by atoms with Crippen molar-refractivity contribution >= 4 is 28.5 Å². The normalized spacial score (nSPS) is 20.8. The van der Waals surface area contributed by atoms with E-state index in [0.717, 1.165) is 26.9 Å². The molecular weight excluding hydrogens is 352 g/mol. The first kappa shape index (κ1) is 16.3. The van der Waals surface area contributed by atoms with Crippen LogP contribution >= 0.6 is 11.8 Å². The lowest BCUT2D eigenvalue weighted by Gasteiger charge is -2.33. The SMILES string of the molecule is O=C1C(Cc2ccccc2)C(c2ccccc2)N=C2Sc3ccccc3N12. The fourth-order valence-electron chi connectivity index (χ4n) is 3.81. The number of carbonyl (C=O) groups is 1. The zero-order chi connectivity index (χ0) is 18.2. The van der Waals surface area contributed by atoms with Gasteiger partial charge in [0.15, 0.2) is 5.17 Å². The molecule has 2 heterocycles. The summed E-state index contributed by atoms with van der Waals surface area (Å²) in [5.41, 5.74) is 3.21. The number of aliphatic imine (C=N–C) groups is 1. The van der Waals surface area contributed by atoms with E-state index in [1.807, 2.05) is 59.5 Å². The van der Waals surface area contributed by atoms with E-state index >= 15 is 0 Å². The molecule has 0 radical (unpaired) electrons. The van der Waals surface area contributed by atoms with E-state index in [1.54, 1.807) is 11.8 Å². The molecule has 4 heteroatoms. The molecule has 27 heavy (non-hydrogen) atoms. The molecule has 0 fully saturated rings. The van der Waals surface area contributed by atoms with Crippen molar-refractivity contribution in [1.82, 2.24) is 0 Å². The van der Waals surface area contributed by atoms with Gasteiger partial charge in [-0.2, -0.15) is 0 Å². The summed E-state index contributed by atoms with van der Waals surface area (Å²) in [4.78, 5) is 21.5. The monoisotopic (exact) mass is 370 g/mol. The van der Waals surface area contributed by atoms with Crippen LogP contribution < -0.4 is 4.90 Å². The quantitative estimate of drug-likeness (QED) is 0.643. The zero-order valence-electron chi connectivity index (χ0n) is 14.7. The van der Waals surface area contributed by atoms with Gasteiger partial charge >= 0.3 is 0 Å².